The number of aryl methyl sites for hydroxylation is 2. The van der Waals surface area contributed by atoms with Gasteiger partial charge in [0.1, 0.15) is 5.82 Å². The Bertz CT molecular complexity index is 854. The Morgan fingerprint density at radius 2 is 2.04 bits per heavy atom. The van der Waals surface area contributed by atoms with Gasteiger partial charge < -0.3 is 14.2 Å². The molecule has 0 aliphatic carbocycles. The predicted molar refractivity (Wildman–Crippen MR) is 96.4 cm³/mol. The Balaban J connectivity index is 1.54. The van der Waals surface area contributed by atoms with E-state index in [-0.39, 0.29) is 12.1 Å². The summed E-state index contributed by atoms with van der Waals surface area (Å²) in [4.78, 5) is 14.9. The number of benzene rings is 1. The zero-order valence-electron chi connectivity index (χ0n) is 15.3. The third-order valence-corrected chi connectivity index (χ3v) is 5.00. The Morgan fingerprint density at radius 3 is 2.73 bits per heavy atom. The molecule has 0 spiro atoms. The largest absolute Gasteiger partial charge is 0.380 e. The number of ether oxygens (including phenoxy) is 1. The van der Waals surface area contributed by atoms with Gasteiger partial charge in [-0.3, -0.25) is 4.90 Å². The average molecular weight is 353 g/mol. The van der Waals surface area contributed by atoms with Crippen molar-refractivity contribution in [3.05, 3.63) is 53.4 Å². The molecule has 0 saturated carbocycles. The number of aromatic amines is 1. The first-order valence-electron chi connectivity index (χ1n) is 8.82. The normalized spacial score (nSPS) is 20.7. The molecule has 1 aliphatic heterocycles. The second-order valence-corrected chi connectivity index (χ2v) is 6.75. The van der Waals surface area contributed by atoms with Gasteiger partial charge in [-0.25, -0.2) is 4.98 Å². The molecule has 7 heteroatoms. The molecule has 0 radical (unpaired) electrons. The zero-order valence-corrected chi connectivity index (χ0v) is 15.3. The van der Waals surface area contributed by atoms with Gasteiger partial charge in [-0.1, -0.05) is 35.5 Å². The first-order valence-corrected chi connectivity index (χ1v) is 8.82. The minimum atomic E-state index is 0.152. The van der Waals surface area contributed by atoms with Gasteiger partial charge in [-0.15, -0.1) is 0 Å². The maximum absolute atomic E-state index is 5.59. The molecule has 4 rings (SSSR count). The topological polar surface area (TPSA) is 80.1 Å². The minimum Gasteiger partial charge on any atom is -0.380 e. The molecule has 1 aromatic carbocycles. The monoisotopic (exact) mass is 353 g/mol. The molecule has 3 aromatic rings. The van der Waals surface area contributed by atoms with Crippen LogP contribution in [0.25, 0.3) is 11.4 Å². The van der Waals surface area contributed by atoms with Crippen LogP contribution in [0.15, 0.2) is 34.9 Å². The zero-order chi connectivity index (χ0) is 18.1. The Morgan fingerprint density at radius 1 is 1.23 bits per heavy atom. The molecule has 1 fully saturated rings. The summed E-state index contributed by atoms with van der Waals surface area (Å²) in [6.45, 7) is 5.45. The van der Waals surface area contributed by atoms with Crippen molar-refractivity contribution < 1.29 is 9.26 Å². The Kier molecular flexibility index (Phi) is 4.57. The third kappa shape index (κ3) is 3.27. The number of hydrogen-bond donors (Lipinski definition) is 1. The fourth-order valence-electron chi connectivity index (χ4n) is 3.42. The van der Waals surface area contributed by atoms with Crippen LogP contribution in [0.5, 0.6) is 0 Å². The Labute approximate surface area is 152 Å². The van der Waals surface area contributed by atoms with Gasteiger partial charge in [-0.05, 0) is 20.3 Å². The third-order valence-electron chi connectivity index (χ3n) is 5.00. The highest BCUT2D eigenvalue weighted by Crippen LogP contribution is 2.33. The number of nitrogens with one attached hydrogen (secondary N) is 1. The van der Waals surface area contributed by atoms with E-state index in [0.29, 0.717) is 18.3 Å². The molecule has 26 heavy (non-hydrogen) atoms. The van der Waals surface area contributed by atoms with E-state index in [2.05, 4.69) is 25.0 Å². The molecule has 1 saturated heterocycles. The fourth-order valence-corrected chi connectivity index (χ4v) is 3.42. The first-order chi connectivity index (χ1) is 12.6. The van der Waals surface area contributed by atoms with E-state index < -0.39 is 0 Å². The van der Waals surface area contributed by atoms with E-state index in [4.69, 9.17) is 9.26 Å². The maximum atomic E-state index is 5.59. The first kappa shape index (κ1) is 16.9. The molecule has 2 atom stereocenters. The van der Waals surface area contributed by atoms with E-state index in [0.717, 1.165) is 35.7 Å². The fraction of sp³-hybridized carbons (Fsp3) is 0.421. The summed E-state index contributed by atoms with van der Waals surface area (Å²) in [5.41, 5.74) is 3.09. The molecule has 3 heterocycles. The van der Waals surface area contributed by atoms with E-state index >= 15 is 0 Å². The van der Waals surface area contributed by atoms with Crippen molar-refractivity contribution in [2.24, 2.45) is 0 Å². The number of aromatic nitrogens is 4. The van der Waals surface area contributed by atoms with Crippen LogP contribution in [0.4, 0.5) is 0 Å². The summed E-state index contributed by atoms with van der Waals surface area (Å²) in [6, 6.07) is 10.0. The van der Waals surface area contributed by atoms with Gasteiger partial charge in [0.05, 0.1) is 24.4 Å². The van der Waals surface area contributed by atoms with Crippen molar-refractivity contribution >= 4 is 0 Å². The lowest BCUT2D eigenvalue weighted by molar-refractivity contribution is 0.105. The summed E-state index contributed by atoms with van der Waals surface area (Å²) in [6.07, 6.45) is 1.06. The van der Waals surface area contributed by atoms with Crippen LogP contribution in [0, 0.1) is 13.8 Å². The highest BCUT2D eigenvalue weighted by molar-refractivity contribution is 5.53. The van der Waals surface area contributed by atoms with Crippen LogP contribution in [-0.4, -0.2) is 44.8 Å². The van der Waals surface area contributed by atoms with Crippen LogP contribution in [0.1, 0.15) is 35.6 Å². The molecular formula is C19H23N5O2. The summed E-state index contributed by atoms with van der Waals surface area (Å²) in [5, 5.41) is 4.12. The van der Waals surface area contributed by atoms with Crippen LogP contribution < -0.4 is 0 Å². The summed E-state index contributed by atoms with van der Waals surface area (Å²) < 4.78 is 11.1. The summed E-state index contributed by atoms with van der Waals surface area (Å²) in [7, 11) is 1.75. The quantitative estimate of drug-likeness (QED) is 0.759. The lowest BCUT2D eigenvalue weighted by Gasteiger charge is -2.20. The van der Waals surface area contributed by atoms with Crippen molar-refractivity contribution in [3.8, 4) is 11.4 Å². The maximum Gasteiger partial charge on any atom is 0.241 e. The van der Waals surface area contributed by atoms with Gasteiger partial charge in [-0.2, -0.15) is 4.98 Å². The number of imidazole rings is 1. The van der Waals surface area contributed by atoms with E-state index in [1.807, 2.05) is 44.2 Å². The molecule has 2 aromatic heterocycles. The molecule has 0 unspecified atom stereocenters. The Hall–Kier alpha value is -2.51. The lowest BCUT2D eigenvalue weighted by atomic mass is 10.2. The van der Waals surface area contributed by atoms with Crippen molar-refractivity contribution in [1.82, 2.24) is 25.0 Å². The van der Waals surface area contributed by atoms with Crippen LogP contribution >= 0.6 is 0 Å². The number of rotatable bonds is 5. The van der Waals surface area contributed by atoms with Gasteiger partial charge in [0.15, 0.2) is 0 Å². The van der Waals surface area contributed by atoms with Crippen LogP contribution in [0.2, 0.25) is 0 Å². The molecule has 1 aliphatic rings. The average Bonchev–Trinajstić information content (AvgIpc) is 3.36. The van der Waals surface area contributed by atoms with Crippen molar-refractivity contribution in [2.75, 3.05) is 13.7 Å². The molecular weight excluding hydrogens is 330 g/mol. The molecule has 1 N–H and O–H groups in total. The van der Waals surface area contributed by atoms with E-state index in [1.54, 1.807) is 7.11 Å². The molecule has 7 nitrogen and oxygen atoms in total. The number of likely N-dealkylation sites (tertiary alicyclic amines) is 1. The van der Waals surface area contributed by atoms with Gasteiger partial charge in [0, 0.05) is 24.9 Å². The van der Waals surface area contributed by atoms with E-state index in [1.165, 1.54) is 0 Å². The van der Waals surface area contributed by atoms with Crippen molar-refractivity contribution in [3.63, 3.8) is 0 Å². The number of nitrogens with zero attached hydrogens (tertiary/aromatic N) is 4. The number of H-pyrrole nitrogens is 1. The minimum absolute atomic E-state index is 0.152. The number of hydrogen-bond acceptors (Lipinski definition) is 6. The molecule has 0 amide bonds. The summed E-state index contributed by atoms with van der Waals surface area (Å²) in [5.74, 6) is 2.19. The smallest absolute Gasteiger partial charge is 0.241 e. The highest BCUT2D eigenvalue weighted by atomic mass is 16.5. The molecule has 136 valence electrons. The van der Waals surface area contributed by atoms with Gasteiger partial charge in [0.2, 0.25) is 11.7 Å². The van der Waals surface area contributed by atoms with Gasteiger partial charge in [0.25, 0.3) is 0 Å². The second kappa shape index (κ2) is 7.01. The van der Waals surface area contributed by atoms with E-state index in [9.17, 15) is 0 Å². The number of methoxy groups -OCH3 is 1. The SMILES string of the molecule is CO[C@@H]1C[C@@H](c2nc(C)c(C)[nH]2)N(Cc2nc(-c3ccccc3)no2)C1. The summed E-state index contributed by atoms with van der Waals surface area (Å²) >= 11 is 0. The standard InChI is InChI=1S/C19H23N5O2/c1-12-13(2)21-19(20-12)16-9-15(25-3)10-24(16)11-17-22-18(23-26-17)14-7-5-4-6-8-14/h4-8,15-16H,9-11H2,1-3H3,(H,20,21)/t15-,16+/m1/s1. The van der Waals surface area contributed by atoms with Crippen LogP contribution in [0.3, 0.4) is 0 Å². The lowest BCUT2D eigenvalue weighted by Crippen LogP contribution is -2.25. The molecule has 0 bridgehead atoms. The highest BCUT2D eigenvalue weighted by Gasteiger charge is 2.36. The second-order valence-electron chi connectivity index (χ2n) is 6.75. The van der Waals surface area contributed by atoms with Crippen molar-refractivity contribution in [1.29, 1.82) is 0 Å². The van der Waals surface area contributed by atoms with Gasteiger partial charge >= 0.3 is 0 Å². The predicted octanol–water partition coefficient (Wildman–Crippen LogP) is 3.04. The van der Waals surface area contributed by atoms with Crippen LogP contribution in [-0.2, 0) is 11.3 Å². The van der Waals surface area contributed by atoms with Crippen molar-refractivity contribution in [2.45, 2.75) is 39.0 Å².